The molecule has 1 saturated carbocycles. The van der Waals surface area contributed by atoms with Gasteiger partial charge in [0, 0.05) is 50.2 Å². The van der Waals surface area contributed by atoms with Gasteiger partial charge >= 0.3 is 0 Å². The highest BCUT2D eigenvalue weighted by molar-refractivity contribution is 5.95. The molecule has 0 atom stereocenters. The highest BCUT2D eigenvalue weighted by atomic mass is 16.2. The van der Waals surface area contributed by atoms with Gasteiger partial charge in [0.15, 0.2) is 5.65 Å². The van der Waals surface area contributed by atoms with Crippen molar-refractivity contribution in [3.63, 3.8) is 0 Å². The van der Waals surface area contributed by atoms with Crippen molar-refractivity contribution in [2.75, 3.05) is 13.1 Å². The van der Waals surface area contributed by atoms with Crippen LogP contribution in [-0.4, -0.2) is 48.0 Å². The van der Waals surface area contributed by atoms with Gasteiger partial charge in [0.25, 0.3) is 5.91 Å². The summed E-state index contributed by atoms with van der Waals surface area (Å²) in [6.07, 6.45) is 13.4. The molecule has 3 aromatic rings. The van der Waals surface area contributed by atoms with Crippen LogP contribution in [0.3, 0.4) is 0 Å². The standard InChI is InChI=1S/C21H26N6O/c1-15-18(13-23-19-5-8-24-27(15)19)21(28)25-10-6-17(7-11-25)20-22-9-12-26(20)14-16-3-2-4-16/h5,8-9,12-13,16-17H,2-4,6-7,10-11,14H2,1H3. The number of hydrogen-bond acceptors (Lipinski definition) is 4. The van der Waals surface area contributed by atoms with E-state index in [9.17, 15) is 4.79 Å². The largest absolute Gasteiger partial charge is 0.338 e. The third-order valence-corrected chi connectivity index (χ3v) is 6.46. The van der Waals surface area contributed by atoms with Gasteiger partial charge in [-0.05, 0) is 38.5 Å². The average Bonchev–Trinajstić information content (AvgIpc) is 3.34. The Kier molecular flexibility index (Phi) is 4.37. The van der Waals surface area contributed by atoms with Crippen LogP contribution in [0, 0.1) is 12.8 Å². The molecule has 0 bridgehead atoms. The minimum Gasteiger partial charge on any atom is -0.338 e. The molecule has 146 valence electrons. The van der Waals surface area contributed by atoms with Crippen molar-refractivity contribution in [3.8, 4) is 0 Å². The second-order valence-electron chi connectivity index (χ2n) is 8.16. The molecular weight excluding hydrogens is 352 g/mol. The number of aryl methyl sites for hydroxylation is 1. The van der Waals surface area contributed by atoms with Crippen LogP contribution in [0.4, 0.5) is 0 Å². The second-order valence-corrected chi connectivity index (χ2v) is 8.16. The van der Waals surface area contributed by atoms with E-state index in [4.69, 9.17) is 0 Å². The summed E-state index contributed by atoms with van der Waals surface area (Å²) >= 11 is 0. The first-order valence-electron chi connectivity index (χ1n) is 10.3. The SMILES string of the molecule is Cc1c(C(=O)N2CCC(c3nccn3CC3CCC3)CC2)cnc2ccnn12. The highest BCUT2D eigenvalue weighted by Crippen LogP contribution is 2.32. The van der Waals surface area contributed by atoms with E-state index in [0.717, 1.165) is 49.7 Å². The summed E-state index contributed by atoms with van der Waals surface area (Å²) in [6.45, 7) is 4.55. The first kappa shape index (κ1) is 17.4. The molecule has 2 fully saturated rings. The number of amides is 1. The van der Waals surface area contributed by atoms with Gasteiger partial charge < -0.3 is 9.47 Å². The molecule has 7 heteroatoms. The van der Waals surface area contributed by atoms with Gasteiger partial charge in [0.2, 0.25) is 0 Å². The van der Waals surface area contributed by atoms with E-state index < -0.39 is 0 Å². The molecule has 5 rings (SSSR count). The van der Waals surface area contributed by atoms with E-state index >= 15 is 0 Å². The number of fused-ring (bicyclic) bond motifs is 1. The molecule has 0 unspecified atom stereocenters. The summed E-state index contributed by atoms with van der Waals surface area (Å²) in [5.74, 6) is 2.52. The first-order chi connectivity index (χ1) is 13.7. The number of hydrogen-bond donors (Lipinski definition) is 0. The van der Waals surface area contributed by atoms with Gasteiger partial charge in [-0.3, -0.25) is 4.79 Å². The van der Waals surface area contributed by atoms with Crippen molar-refractivity contribution in [2.45, 2.75) is 51.5 Å². The van der Waals surface area contributed by atoms with Crippen LogP contribution in [0.25, 0.3) is 5.65 Å². The van der Waals surface area contributed by atoms with Crippen molar-refractivity contribution >= 4 is 11.6 Å². The lowest BCUT2D eigenvalue weighted by Gasteiger charge is -2.33. The normalized spacial score (nSPS) is 18.5. The lowest BCUT2D eigenvalue weighted by molar-refractivity contribution is 0.0708. The smallest absolute Gasteiger partial charge is 0.257 e. The van der Waals surface area contributed by atoms with Gasteiger partial charge in [-0.25, -0.2) is 14.5 Å². The predicted octanol–water partition coefficient (Wildman–Crippen LogP) is 3.05. The molecule has 0 aromatic carbocycles. The number of imidazole rings is 1. The van der Waals surface area contributed by atoms with Crippen LogP contribution in [0.1, 0.15) is 59.9 Å². The summed E-state index contributed by atoms with van der Waals surface area (Å²) in [6, 6.07) is 1.85. The van der Waals surface area contributed by atoms with Gasteiger partial charge in [0.1, 0.15) is 5.82 Å². The summed E-state index contributed by atoms with van der Waals surface area (Å²) in [5.41, 5.74) is 2.25. The molecule has 1 aliphatic heterocycles. The summed E-state index contributed by atoms with van der Waals surface area (Å²) in [5, 5.41) is 4.27. The van der Waals surface area contributed by atoms with Crippen molar-refractivity contribution < 1.29 is 4.79 Å². The number of carbonyl (C=O) groups is 1. The second kappa shape index (κ2) is 7.04. The molecule has 7 nitrogen and oxygen atoms in total. The molecule has 3 aromatic heterocycles. The molecular formula is C21H26N6O. The van der Waals surface area contributed by atoms with Crippen LogP contribution in [0.2, 0.25) is 0 Å². The van der Waals surface area contributed by atoms with Gasteiger partial charge in [-0.15, -0.1) is 0 Å². The van der Waals surface area contributed by atoms with Crippen LogP contribution in [0.5, 0.6) is 0 Å². The Bertz CT molecular complexity index is 993. The van der Waals surface area contributed by atoms with Crippen molar-refractivity contribution in [1.82, 2.24) is 29.0 Å². The maximum absolute atomic E-state index is 13.1. The van der Waals surface area contributed by atoms with E-state index in [-0.39, 0.29) is 5.91 Å². The molecule has 1 amide bonds. The molecule has 1 saturated heterocycles. The zero-order chi connectivity index (χ0) is 19.1. The minimum atomic E-state index is 0.0543. The summed E-state index contributed by atoms with van der Waals surface area (Å²) < 4.78 is 4.09. The van der Waals surface area contributed by atoms with E-state index in [0.29, 0.717) is 11.5 Å². The van der Waals surface area contributed by atoms with Crippen LogP contribution in [0.15, 0.2) is 30.9 Å². The lowest BCUT2D eigenvalue weighted by Crippen LogP contribution is -2.39. The fourth-order valence-corrected chi connectivity index (χ4v) is 4.50. The van der Waals surface area contributed by atoms with Crippen LogP contribution in [-0.2, 0) is 6.54 Å². The number of nitrogens with zero attached hydrogens (tertiary/aromatic N) is 6. The Labute approximate surface area is 164 Å². The van der Waals surface area contributed by atoms with Crippen molar-refractivity contribution in [3.05, 3.63) is 47.9 Å². The van der Waals surface area contributed by atoms with Gasteiger partial charge in [-0.1, -0.05) is 6.42 Å². The van der Waals surface area contributed by atoms with Gasteiger partial charge in [-0.2, -0.15) is 5.10 Å². The summed E-state index contributed by atoms with van der Waals surface area (Å²) in [7, 11) is 0. The average molecular weight is 378 g/mol. The van der Waals surface area contributed by atoms with E-state index in [1.54, 1.807) is 16.9 Å². The van der Waals surface area contributed by atoms with Crippen molar-refractivity contribution in [1.29, 1.82) is 0 Å². The minimum absolute atomic E-state index is 0.0543. The van der Waals surface area contributed by atoms with Gasteiger partial charge in [0.05, 0.1) is 17.5 Å². The molecule has 0 spiro atoms. The lowest BCUT2D eigenvalue weighted by atomic mass is 9.85. The molecule has 0 N–H and O–H groups in total. The summed E-state index contributed by atoms with van der Waals surface area (Å²) in [4.78, 5) is 24.0. The molecule has 0 radical (unpaired) electrons. The predicted molar refractivity (Wildman–Crippen MR) is 105 cm³/mol. The molecule has 28 heavy (non-hydrogen) atoms. The Hall–Kier alpha value is -2.70. The quantitative estimate of drug-likeness (QED) is 0.700. The third kappa shape index (κ3) is 2.99. The topological polar surface area (TPSA) is 68.3 Å². The van der Waals surface area contributed by atoms with E-state index in [1.165, 1.54) is 25.1 Å². The molecule has 2 aliphatic rings. The highest BCUT2D eigenvalue weighted by Gasteiger charge is 2.29. The third-order valence-electron chi connectivity index (χ3n) is 6.46. The zero-order valence-electron chi connectivity index (χ0n) is 16.3. The first-order valence-corrected chi connectivity index (χ1v) is 10.3. The molecule has 4 heterocycles. The Morgan fingerprint density at radius 1 is 1.14 bits per heavy atom. The fourth-order valence-electron chi connectivity index (χ4n) is 4.50. The Morgan fingerprint density at radius 2 is 1.96 bits per heavy atom. The number of rotatable bonds is 4. The number of likely N-dealkylation sites (tertiary alicyclic amines) is 1. The Balaban J connectivity index is 1.27. The van der Waals surface area contributed by atoms with Crippen LogP contribution < -0.4 is 0 Å². The Morgan fingerprint density at radius 3 is 2.71 bits per heavy atom. The molecule has 1 aliphatic carbocycles. The van der Waals surface area contributed by atoms with Crippen molar-refractivity contribution in [2.24, 2.45) is 5.92 Å². The maximum atomic E-state index is 13.1. The number of aromatic nitrogens is 5. The number of piperidine rings is 1. The fraction of sp³-hybridized carbons (Fsp3) is 0.524. The maximum Gasteiger partial charge on any atom is 0.257 e. The monoisotopic (exact) mass is 378 g/mol. The van der Waals surface area contributed by atoms with E-state index in [1.807, 2.05) is 24.1 Å². The number of carbonyl (C=O) groups excluding carboxylic acids is 1. The zero-order valence-corrected chi connectivity index (χ0v) is 16.3. The van der Waals surface area contributed by atoms with Crippen LogP contribution >= 0.6 is 0 Å². The van der Waals surface area contributed by atoms with E-state index in [2.05, 4.69) is 25.8 Å².